The molecule has 0 atom stereocenters. The van der Waals surface area contributed by atoms with E-state index in [1.165, 1.54) is 12.5 Å². The SMILES string of the molecule is CS(=O)(=O)CCCOc1ccc(-c2c3nc(cc4ccc([n-]4)c(-c4ccc(OCCCS(C)(=O)=O)cc4)c4ccc(cc5nc2C=C5)[n-]4)C=C3)cc1.[Zn+2]. The van der Waals surface area contributed by atoms with Gasteiger partial charge in [0.25, 0.3) is 0 Å². The summed E-state index contributed by atoms with van der Waals surface area (Å²) in [4.78, 5) is 19.9. The van der Waals surface area contributed by atoms with Crippen LogP contribution in [0.4, 0.5) is 0 Å². The zero-order valence-corrected chi connectivity index (χ0v) is 34.0. The summed E-state index contributed by atoms with van der Waals surface area (Å²) in [6.07, 6.45) is 11.2. The predicted octanol–water partition coefficient (Wildman–Crippen LogP) is 6.87. The van der Waals surface area contributed by atoms with Crippen LogP contribution in [0.2, 0.25) is 0 Å². The molecule has 0 spiro atoms. The molecule has 0 saturated carbocycles. The molecular formula is C40H36N4O6S2Zn. The van der Waals surface area contributed by atoms with Gasteiger partial charge in [-0.15, -0.1) is 22.1 Å². The van der Waals surface area contributed by atoms with Gasteiger partial charge < -0.3 is 19.4 Å². The van der Waals surface area contributed by atoms with Gasteiger partial charge in [0.2, 0.25) is 0 Å². The van der Waals surface area contributed by atoms with Crippen molar-refractivity contribution in [3.05, 3.63) is 108 Å². The van der Waals surface area contributed by atoms with Crippen LogP contribution in [0.3, 0.4) is 0 Å². The van der Waals surface area contributed by atoms with Gasteiger partial charge >= 0.3 is 19.5 Å². The van der Waals surface area contributed by atoms with Crippen LogP contribution in [0.25, 0.3) is 68.6 Å². The minimum Gasteiger partial charge on any atom is -0.657 e. The molecule has 3 aromatic heterocycles. The quantitative estimate of drug-likeness (QED) is 0.0950. The number of aromatic nitrogens is 4. The zero-order chi connectivity index (χ0) is 36.3. The maximum atomic E-state index is 11.5. The molecule has 0 saturated heterocycles. The molecule has 0 N–H and O–H groups in total. The Hall–Kier alpha value is -4.84. The molecule has 0 unspecified atom stereocenters. The maximum absolute atomic E-state index is 11.5. The number of nitrogens with zero attached hydrogens (tertiary/aromatic N) is 4. The van der Waals surface area contributed by atoms with E-state index in [1.807, 2.05) is 109 Å². The van der Waals surface area contributed by atoms with Crippen LogP contribution in [0.15, 0.2) is 84.9 Å². The van der Waals surface area contributed by atoms with Crippen LogP contribution in [0, 0.1) is 0 Å². The first-order valence-electron chi connectivity index (χ1n) is 16.8. The molecule has 2 aliphatic heterocycles. The molecule has 10 nitrogen and oxygen atoms in total. The van der Waals surface area contributed by atoms with Crippen LogP contribution in [-0.4, -0.2) is 64.0 Å². The fourth-order valence-corrected chi connectivity index (χ4v) is 7.29. The number of ether oxygens (including phenoxy) is 2. The summed E-state index contributed by atoms with van der Waals surface area (Å²) in [5.41, 5.74) is 9.59. The van der Waals surface area contributed by atoms with E-state index < -0.39 is 19.7 Å². The molecule has 2 aliphatic rings. The molecule has 5 aromatic rings. The molecule has 0 amide bonds. The third-order valence-electron chi connectivity index (χ3n) is 8.40. The second kappa shape index (κ2) is 16.0. The fraction of sp³-hybridized carbons (Fsp3) is 0.200. The average molecular weight is 798 g/mol. The van der Waals surface area contributed by atoms with Crippen LogP contribution in [0.5, 0.6) is 11.5 Å². The Morgan fingerprint density at radius 3 is 1.38 bits per heavy atom. The largest absolute Gasteiger partial charge is 2.00 e. The molecule has 53 heavy (non-hydrogen) atoms. The summed E-state index contributed by atoms with van der Waals surface area (Å²) in [6, 6.07) is 27.1. The fourth-order valence-electron chi connectivity index (χ4n) is 6.01. The van der Waals surface area contributed by atoms with Gasteiger partial charge in [-0.05, 0) is 78.1 Å². The number of fused-ring (bicyclic) bond motifs is 8. The van der Waals surface area contributed by atoms with Gasteiger partial charge in [0, 0.05) is 18.1 Å². The molecule has 0 radical (unpaired) electrons. The molecule has 13 heteroatoms. The van der Waals surface area contributed by atoms with Crippen molar-refractivity contribution in [1.82, 2.24) is 19.9 Å². The van der Waals surface area contributed by atoms with Crippen LogP contribution >= 0.6 is 0 Å². The van der Waals surface area contributed by atoms with Gasteiger partial charge in [0.05, 0.1) is 47.5 Å². The van der Waals surface area contributed by atoms with E-state index in [0.717, 1.165) is 67.1 Å². The first-order valence-corrected chi connectivity index (χ1v) is 20.9. The molecule has 8 bridgehead atoms. The minimum absolute atomic E-state index is 0. The van der Waals surface area contributed by atoms with E-state index >= 15 is 0 Å². The molecule has 0 aliphatic carbocycles. The van der Waals surface area contributed by atoms with Gasteiger partial charge in [-0.1, -0.05) is 60.7 Å². The number of hydrogen-bond acceptors (Lipinski definition) is 8. The summed E-state index contributed by atoms with van der Waals surface area (Å²) in [5.74, 6) is 1.47. The van der Waals surface area contributed by atoms with Gasteiger partial charge in [0.15, 0.2) is 0 Å². The molecule has 266 valence electrons. The van der Waals surface area contributed by atoms with Gasteiger partial charge in [-0.25, -0.2) is 26.8 Å². The van der Waals surface area contributed by atoms with Crippen molar-refractivity contribution in [3.63, 3.8) is 0 Å². The smallest absolute Gasteiger partial charge is 0.657 e. The predicted molar refractivity (Wildman–Crippen MR) is 207 cm³/mol. The van der Waals surface area contributed by atoms with Crippen LogP contribution in [0.1, 0.15) is 35.6 Å². The zero-order valence-electron chi connectivity index (χ0n) is 29.4. The summed E-state index contributed by atoms with van der Waals surface area (Å²) < 4.78 is 57.4. The normalized spacial score (nSPS) is 12.4. The van der Waals surface area contributed by atoms with Gasteiger partial charge in [-0.3, -0.25) is 0 Å². The van der Waals surface area contributed by atoms with Crippen molar-refractivity contribution in [2.24, 2.45) is 0 Å². The first kappa shape index (κ1) is 37.9. The van der Waals surface area contributed by atoms with E-state index in [2.05, 4.69) is 0 Å². The summed E-state index contributed by atoms with van der Waals surface area (Å²) >= 11 is 0. The monoisotopic (exact) mass is 796 g/mol. The first-order chi connectivity index (χ1) is 25.0. The Morgan fingerprint density at radius 1 is 0.547 bits per heavy atom. The van der Waals surface area contributed by atoms with Crippen LogP contribution < -0.4 is 19.4 Å². The van der Waals surface area contributed by atoms with Crippen molar-refractivity contribution in [3.8, 4) is 33.8 Å². The van der Waals surface area contributed by atoms with Gasteiger partial charge in [0.1, 0.15) is 31.2 Å². The molecule has 7 rings (SSSR count). The van der Waals surface area contributed by atoms with Crippen molar-refractivity contribution in [2.45, 2.75) is 12.8 Å². The number of sulfone groups is 2. The minimum atomic E-state index is -3.04. The van der Waals surface area contributed by atoms with Crippen molar-refractivity contribution in [2.75, 3.05) is 37.2 Å². The number of hydrogen-bond donors (Lipinski definition) is 0. The van der Waals surface area contributed by atoms with Crippen molar-refractivity contribution < 1.29 is 45.8 Å². The Labute approximate surface area is 321 Å². The Kier molecular flexibility index (Phi) is 11.5. The maximum Gasteiger partial charge on any atom is 2.00 e. The molecule has 2 aromatic carbocycles. The Morgan fingerprint density at radius 2 is 0.962 bits per heavy atom. The third-order valence-corrected chi connectivity index (χ3v) is 10.5. The number of benzene rings is 2. The van der Waals surface area contributed by atoms with Gasteiger partial charge in [-0.2, -0.15) is 0 Å². The van der Waals surface area contributed by atoms with Crippen molar-refractivity contribution in [1.29, 1.82) is 0 Å². The second-order valence-corrected chi connectivity index (χ2v) is 17.3. The summed E-state index contributed by atoms with van der Waals surface area (Å²) in [5, 5.41) is 0. The Balaban J connectivity index is 0.00000481. The third kappa shape index (κ3) is 9.78. The second-order valence-electron chi connectivity index (χ2n) is 12.8. The van der Waals surface area contributed by atoms with E-state index in [-0.39, 0.29) is 31.0 Å². The summed E-state index contributed by atoms with van der Waals surface area (Å²) in [6.45, 7) is 0.615. The standard InChI is InChI=1S/C40H36N4O6S2.Zn/c1-51(45,46)23-3-21-49-33-13-5-27(6-14-33)39-35-17-9-29(41-35)25-31-11-19-37(43-31)40(38-20-12-32(44-38)26-30-10-18-36(39)42-30)28-7-15-34(16-8-28)50-22-4-24-52(2,47)48;/h5-20,25-26H,3-4,21-24H2,1-2H3;/q-2;+2. The summed E-state index contributed by atoms with van der Waals surface area (Å²) in [7, 11) is -6.07. The molecular weight excluding hydrogens is 762 g/mol. The van der Waals surface area contributed by atoms with E-state index in [4.69, 9.17) is 29.4 Å². The van der Waals surface area contributed by atoms with E-state index in [9.17, 15) is 16.8 Å². The number of rotatable bonds is 12. The Bertz CT molecular complexity index is 2480. The molecule has 0 fully saturated rings. The average Bonchev–Trinajstić information content (AvgIpc) is 3.93. The van der Waals surface area contributed by atoms with E-state index in [1.54, 1.807) is 0 Å². The van der Waals surface area contributed by atoms with E-state index in [0.29, 0.717) is 37.6 Å². The van der Waals surface area contributed by atoms with Crippen LogP contribution in [-0.2, 0) is 39.2 Å². The molecule has 5 heterocycles. The topological polar surface area (TPSA) is 141 Å². The van der Waals surface area contributed by atoms with Crippen molar-refractivity contribution >= 4 is 66.0 Å².